The average Bonchev–Trinajstić information content (AvgIpc) is 3.71. The Balaban J connectivity index is 1.65. The van der Waals surface area contributed by atoms with Crippen molar-refractivity contribution in [3.05, 3.63) is 87.2 Å². The molecule has 0 bridgehead atoms. The van der Waals surface area contributed by atoms with Crippen molar-refractivity contribution in [1.29, 1.82) is 0 Å². The van der Waals surface area contributed by atoms with E-state index in [4.69, 9.17) is 4.42 Å². The summed E-state index contributed by atoms with van der Waals surface area (Å²) in [5.41, 5.74) is 2.78. The first-order chi connectivity index (χ1) is 18.7. The topological polar surface area (TPSA) is 129 Å². The van der Waals surface area contributed by atoms with Gasteiger partial charge in [-0.2, -0.15) is 0 Å². The summed E-state index contributed by atoms with van der Waals surface area (Å²) in [7, 11) is 1.50. The molecule has 202 valence electrons. The Morgan fingerprint density at radius 1 is 1.21 bits per heavy atom. The van der Waals surface area contributed by atoms with E-state index < -0.39 is 22.0 Å². The second-order valence-electron chi connectivity index (χ2n) is 9.09. The van der Waals surface area contributed by atoms with E-state index in [0.717, 1.165) is 18.4 Å². The molecule has 0 saturated heterocycles. The standard InChI is InChI=1S/C27H24FN3O6S2/c1-29-27(32)25-20-12-19(16-4-5-16)22(13-23(20)37-26(25)17-6-8-18(28)9-7-17)30(39(35)36)14-15-3-10-21(31(33)34)24(11-15)38-2/h3,6-13,16H,4-5,14H2,1-2H3,(H,29,32)(H,35,36)/p-1. The molecule has 4 aromatic rings. The molecule has 0 aliphatic heterocycles. The maximum Gasteiger partial charge on any atom is 0.282 e. The number of nitrogens with zero attached hydrogens (tertiary/aromatic N) is 2. The van der Waals surface area contributed by atoms with Crippen LogP contribution in [0.25, 0.3) is 22.3 Å². The van der Waals surface area contributed by atoms with Gasteiger partial charge in [0.05, 0.1) is 27.6 Å². The summed E-state index contributed by atoms with van der Waals surface area (Å²) < 4.78 is 45.9. The van der Waals surface area contributed by atoms with Crippen molar-refractivity contribution >= 4 is 51.3 Å². The first-order valence-electron chi connectivity index (χ1n) is 12.0. The average molecular weight is 569 g/mol. The molecule has 9 nitrogen and oxygen atoms in total. The van der Waals surface area contributed by atoms with Crippen molar-refractivity contribution in [1.82, 2.24) is 5.32 Å². The first kappa shape index (κ1) is 26.9. The summed E-state index contributed by atoms with van der Waals surface area (Å²) in [6, 6.07) is 13.5. The number of nitro benzene ring substituents is 1. The molecule has 1 atom stereocenters. The second kappa shape index (κ2) is 10.8. The predicted octanol–water partition coefficient (Wildman–Crippen LogP) is 5.91. The number of carbonyl (C=O) groups is 1. The number of rotatable bonds is 9. The van der Waals surface area contributed by atoms with Crippen LogP contribution in [0.4, 0.5) is 15.8 Å². The fraction of sp³-hybridized carbons (Fsp3) is 0.222. The van der Waals surface area contributed by atoms with Crippen LogP contribution in [0.3, 0.4) is 0 Å². The van der Waals surface area contributed by atoms with E-state index in [1.165, 1.54) is 59.5 Å². The molecule has 0 radical (unpaired) electrons. The number of hydrogen-bond acceptors (Lipinski definition) is 7. The second-order valence-corrected chi connectivity index (χ2v) is 10.8. The minimum absolute atomic E-state index is 0.0493. The lowest BCUT2D eigenvalue weighted by molar-refractivity contribution is -0.387. The molecule has 1 heterocycles. The van der Waals surface area contributed by atoms with Crippen LogP contribution in [-0.2, 0) is 17.8 Å². The molecular weight excluding hydrogens is 545 g/mol. The van der Waals surface area contributed by atoms with Gasteiger partial charge in [-0.1, -0.05) is 6.07 Å². The van der Waals surface area contributed by atoms with Gasteiger partial charge in [0.1, 0.15) is 17.2 Å². The highest BCUT2D eigenvalue weighted by Gasteiger charge is 2.31. The fourth-order valence-electron chi connectivity index (χ4n) is 4.60. The van der Waals surface area contributed by atoms with Crippen LogP contribution < -0.4 is 9.62 Å². The monoisotopic (exact) mass is 568 g/mol. The number of thioether (sulfide) groups is 1. The van der Waals surface area contributed by atoms with Crippen LogP contribution in [0.2, 0.25) is 0 Å². The molecule has 1 aromatic heterocycles. The minimum atomic E-state index is -2.69. The van der Waals surface area contributed by atoms with Gasteiger partial charge in [-0.05, 0) is 72.5 Å². The molecule has 12 heteroatoms. The summed E-state index contributed by atoms with van der Waals surface area (Å²) in [6.45, 7) is -0.0548. The van der Waals surface area contributed by atoms with Gasteiger partial charge in [-0.3, -0.25) is 23.4 Å². The van der Waals surface area contributed by atoms with Crippen molar-refractivity contribution in [3.63, 3.8) is 0 Å². The number of benzene rings is 3. The number of carbonyl (C=O) groups excluding carboxylic acids is 1. The number of amides is 1. The molecule has 39 heavy (non-hydrogen) atoms. The number of anilines is 1. The van der Waals surface area contributed by atoms with E-state index in [2.05, 4.69) is 5.32 Å². The highest BCUT2D eigenvalue weighted by Crippen LogP contribution is 2.48. The zero-order valence-electron chi connectivity index (χ0n) is 20.9. The van der Waals surface area contributed by atoms with E-state index in [0.29, 0.717) is 32.7 Å². The number of nitro groups is 1. The molecule has 1 N–H and O–H groups in total. The molecule has 1 fully saturated rings. The van der Waals surface area contributed by atoms with Gasteiger partial charge in [-0.15, -0.1) is 11.8 Å². The molecule has 3 aromatic carbocycles. The van der Waals surface area contributed by atoms with Gasteiger partial charge in [-0.25, -0.2) is 4.39 Å². The van der Waals surface area contributed by atoms with Crippen LogP contribution in [0.15, 0.2) is 63.9 Å². The lowest BCUT2D eigenvalue weighted by Gasteiger charge is -2.29. The highest BCUT2D eigenvalue weighted by molar-refractivity contribution is 7.98. The minimum Gasteiger partial charge on any atom is -0.755 e. The van der Waals surface area contributed by atoms with E-state index in [1.54, 1.807) is 24.5 Å². The largest absolute Gasteiger partial charge is 0.755 e. The number of fused-ring (bicyclic) bond motifs is 1. The molecule has 1 aliphatic rings. The lowest BCUT2D eigenvalue weighted by Crippen LogP contribution is -2.26. The van der Waals surface area contributed by atoms with Crippen molar-refractivity contribution in [3.8, 4) is 11.3 Å². The predicted molar refractivity (Wildman–Crippen MR) is 147 cm³/mol. The molecule has 1 saturated carbocycles. The van der Waals surface area contributed by atoms with Crippen LogP contribution >= 0.6 is 11.8 Å². The van der Waals surface area contributed by atoms with Crippen molar-refractivity contribution < 1.29 is 27.3 Å². The highest BCUT2D eigenvalue weighted by atomic mass is 32.2. The smallest absolute Gasteiger partial charge is 0.282 e. The van der Waals surface area contributed by atoms with Gasteiger partial charge in [0, 0.05) is 41.4 Å². The summed E-state index contributed by atoms with van der Waals surface area (Å²) in [5.74, 6) is -0.463. The Kier molecular flexibility index (Phi) is 7.43. The van der Waals surface area contributed by atoms with Crippen molar-refractivity contribution in [2.45, 2.75) is 30.2 Å². The number of hydrogen-bond donors (Lipinski definition) is 1. The Bertz CT molecular complexity index is 1620. The Morgan fingerprint density at radius 2 is 1.92 bits per heavy atom. The van der Waals surface area contributed by atoms with E-state index in [-0.39, 0.29) is 35.4 Å². The van der Waals surface area contributed by atoms with Gasteiger partial charge in [0.25, 0.3) is 11.6 Å². The summed E-state index contributed by atoms with van der Waals surface area (Å²) >= 11 is -1.48. The molecule has 1 amide bonds. The van der Waals surface area contributed by atoms with Crippen LogP contribution in [0.1, 0.15) is 40.2 Å². The lowest BCUT2D eigenvalue weighted by atomic mass is 10.00. The molecule has 1 aliphatic carbocycles. The third-order valence-corrected chi connectivity index (χ3v) is 8.08. The van der Waals surface area contributed by atoms with Crippen LogP contribution in [0.5, 0.6) is 0 Å². The summed E-state index contributed by atoms with van der Waals surface area (Å²) in [4.78, 5) is 24.2. The zero-order valence-corrected chi connectivity index (χ0v) is 22.6. The fourth-order valence-corrected chi connectivity index (χ4v) is 5.79. The zero-order chi connectivity index (χ0) is 27.8. The molecule has 0 spiro atoms. The van der Waals surface area contributed by atoms with Gasteiger partial charge >= 0.3 is 0 Å². The quantitative estimate of drug-likeness (QED) is 0.115. The van der Waals surface area contributed by atoms with Gasteiger partial charge in [0.2, 0.25) is 0 Å². The SMILES string of the molecule is CNC(=O)c1c(-c2ccc(F)cc2)oc2cc(N(Cc3ccc([N+](=O)[O-])c(SC)c3)S(=O)[O-])c(C3CC3)cc12. The first-order valence-corrected chi connectivity index (χ1v) is 14.2. The Morgan fingerprint density at radius 3 is 2.51 bits per heavy atom. The number of furan rings is 1. The van der Waals surface area contributed by atoms with Gasteiger partial charge < -0.3 is 14.3 Å². The number of halogens is 1. The maximum absolute atomic E-state index is 13.6. The van der Waals surface area contributed by atoms with Crippen molar-refractivity contribution in [2.24, 2.45) is 0 Å². The Hall–Kier alpha value is -3.74. The number of nitrogens with one attached hydrogen (secondary N) is 1. The van der Waals surface area contributed by atoms with Crippen molar-refractivity contribution in [2.75, 3.05) is 17.6 Å². The summed E-state index contributed by atoms with van der Waals surface area (Å²) in [6.07, 6.45) is 3.45. The molecule has 5 rings (SSSR count). The summed E-state index contributed by atoms with van der Waals surface area (Å²) in [5, 5.41) is 14.5. The van der Waals surface area contributed by atoms with E-state index in [1.807, 2.05) is 0 Å². The van der Waals surface area contributed by atoms with Gasteiger partial charge in [0.15, 0.2) is 0 Å². The van der Waals surface area contributed by atoms with Crippen LogP contribution in [0, 0.1) is 15.9 Å². The normalized spacial score (nSPS) is 13.8. The van der Waals surface area contributed by atoms with E-state index in [9.17, 15) is 28.1 Å². The third-order valence-electron chi connectivity index (χ3n) is 6.63. The van der Waals surface area contributed by atoms with E-state index >= 15 is 0 Å². The third kappa shape index (κ3) is 5.27. The maximum atomic E-state index is 13.6. The molecular formula is C27H23FN3O6S2-. The Labute approximate surface area is 229 Å². The molecule has 1 unspecified atom stereocenters. The van der Waals surface area contributed by atoms with Crippen LogP contribution in [-0.4, -0.2) is 32.9 Å².